The van der Waals surface area contributed by atoms with E-state index in [-0.39, 0.29) is 30.1 Å². The monoisotopic (exact) mass is 475 g/mol. The first-order valence-electron chi connectivity index (χ1n) is 11.2. The summed E-state index contributed by atoms with van der Waals surface area (Å²) in [5, 5.41) is 13.8. The molecular weight excluding hydrogens is 450 g/mol. The number of nitro groups is 1. The highest BCUT2D eigenvalue weighted by Gasteiger charge is 2.14. The second-order valence-corrected chi connectivity index (χ2v) is 8.23. The molecule has 1 amide bonds. The zero-order valence-corrected chi connectivity index (χ0v) is 19.2. The molecule has 0 saturated carbocycles. The second-order valence-electron chi connectivity index (χ2n) is 8.23. The number of aromatic nitrogens is 1. The molecule has 0 radical (unpaired) electrons. The van der Waals surface area contributed by atoms with Gasteiger partial charge in [-0.2, -0.15) is 0 Å². The molecule has 0 aliphatic heterocycles. The number of amides is 1. The molecule has 0 spiro atoms. The van der Waals surface area contributed by atoms with Crippen LogP contribution in [0.25, 0.3) is 11.1 Å². The SMILES string of the molecule is Cc1cccc(COc2ccc(CNC(=O)CCCn3c(=O)oc4cc([N+](=O)[O-])ccc43)cc2)c1. The molecule has 0 saturated heterocycles. The average Bonchev–Trinajstić information content (AvgIpc) is 3.16. The minimum atomic E-state index is -0.606. The lowest BCUT2D eigenvalue weighted by Crippen LogP contribution is -2.23. The molecule has 3 aromatic carbocycles. The highest BCUT2D eigenvalue weighted by Crippen LogP contribution is 2.20. The Kier molecular flexibility index (Phi) is 7.25. The normalized spacial score (nSPS) is 10.9. The van der Waals surface area contributed by atoms with Crippen LogP contribution >= 0.6 is 0 Å². The van der Waals surface area contributed by atoms with Gasteiger partial charge in [0.05, 0.1) is 16.5 Å². The molecule has 0 atom stereocenters. The van der Waals surface area contributed by atoms with Gasteiger partial charge >= 0.3 is 5.76 Å². The van der Waals surface area contributed by atoms with Gasteiger partial charge in [-0.25, -0.2) is 4.79 Å². The van der Waals surface area contributed by atoms with Crippen LogP contribution < -0.4 is 15.8 Å². The first-order chi connectivity index (χ1) is 16.9. The predicted octanol–water partition coefficient (Wildman–Crippen LogP) is 4.49. The molecule has 0 aliphatic rings. The number of aryl methyl sites for hydroxylation is 2. The molecule has 0 bridgehead atoms. The number of carbonyl (C=O) groups is 1. The van der Waals surface area contributed by atoms with Gasteiger partial charge in [-0.1, -0.05) is 42.0 Å². The number of benzene rings is 3. The van der Waals surface area contributed by atoms with E-state index in [4.69, 9.17) is 9.15 Å². The van der Waals surface area contributed by atoms with Crippen molar-refractivity contribution in [2.75, 3.05) is 0 Å². The third kappa shape index (κ3) is 6.14. The molecule has 4 aromatic rings. The van der Waals surface area contributed by atoms with Crippen LogP contribution in [0.4, 0.5) is 5.69 Å². The van der Waals surface area contributed by atoms with Crippen LogP contribution in [-0.4, -0.2) is 15.4 Å². The molecule has 4 rings (SSSR count). The quantitative estimate of drug-likeness (QED) is 0.267. The van der Waals surface area contributed by atoms with E-state index in [1.165, 1.54) is 28.3 Å². The van der Waals surface area contributed by atoms with E-state index in [2.05, 4.69) is 11.4 Å². The van der Waals surface area contributed by atoms with Gasteiger partial charge < -0.3 is 14.5 Å². The van der Waals surface area contributed by atoms with Crippen molar-refractivity contribution in [2.24, 2.45) is 0 Å². The Morgan fingerprint density at radius 1 is 1.09 bits per heavy atom. The van der Waals surface area contributed by atoms with Gasteiger partial charge in [0.25, 0.3) is 5.69 Å². The zero-order valence-electron chi connectivity index (χ0n) is 19.2. The van der Waals surface area contributed by atoms with Gasteiger partial charge in [-0.15, -0.1) is 0 Å². The van der Waals surface area contributed by atoms with Crippen LogP contribution in [0, 0.1) is 17.0 Å². The largest absolute Gasteiger partial charge is 0.489 e. The Hall–Kier alpha value is -4.40. The zero-order chi connectivity index (χ0) is 24.8. The van der Waals surface area contributed by atoms with Crippen molar-refractivity contribution in [1.82, 2.24) is 9.88 Å². The third-order valence-corrected chi connectivity index (χ3v) is 5.55. The number of carbonyl (C=O) groups excluding carboxylic acids is 1. The Morgan fingerprint density at radius 2 is 1.89 bits per heavy atom. The maximum Gasteiger partial charge on any atom is 0.419 e. The summed E-state index contributed by atoms with van der Waals surface area (Å²) in [5.41, 5.74) is 3.70. The summed E-state index contributed by atoms with van der Waals surface area (Å²) in [4.78, 5) is 34.7. The molecule has 180 valence electrons. The third-order valence-electron chi connectivity index (χ3n) is 5.55. The van der Waals surface area contributed by atoms with Crippen LogP contribution in [0.1, 0.15) is 29.5 Å². The van der Waals surface area contributed by atoms with Crippen molar-refractivity contribution in [2.45, 2.75) is 39.5 Å². The van der Waals surface area contributed by atoms with E-state index in [9.17, 15) is 19.7 Å². The molecule has 0 unspecified atom stereocenters. The maximum atomic E-state index is 12.2. The smallest absolute Gasteiger partial charge is 0.419 e. The number of non-ortho nitro benzene ring substituents is 1. The number of hydrogen-bond donors (Lipinski definition) is 1. The second kappa shape index (κ2) is 10.7. The Labute approximate surface area is 201 Å². The molecule has 0 fully saturated rings. The number of hydrogen-bond acceptors (Lipinski definition) is 6. The van der Waals surface area contributed by atoms with E-state index in [0.29, 0.717) is 25.1 Å². The van der Waals surface area contributed by atoms with E-state index in [1.807, 2.05) is 49.4 Å². The molecule has 1 aromatic heterocycles. The van der Waals surface area contributed by atoms with Crippen LogP contribution in [0.5, 0.6) is 5.75 Å². The number of ether oxygens (including phenoxy) is 1. The summed E-state index contributed by atoms with van der Waals surface area (Å²) in [6.07, 6.45) is 0.646. The number of fused-ring (bicyclic) bond motifs is 1. The highest BCUT2D eigenvalue weighted by molar-refractivity contribution is 5.76. The summed E-state index contributed by atoms with van der Waals surface area (Å²) in [6.45, 7) is 3.19. The van der Waals surface area contributed by atoms with Gasteiger partial charge in [0.2, 0.25) is 5.91 Å². The number of oxazole rings is 1. The van der Waals surface area contributed by atoms with Crippen molar-refractivity contribution < 1.29 is 18.9 Å². The lowest BCUT2D eigenvalue weighted by Gasteiger charge is -2.09. The van der Waals surface area contributed by atoms with Gasteiger partial charge in [-0.05, 0) is 42.7 Å². The van der Waals surface area contributed by atoms with E-state index in [1.54, 1.807) is 0 Å². The lowest BCUT2D eigenvalue weighted by atomic mass is 10.1. The molecule has 9 heteroatoms. The fraction of sp³-hybridized carbons (Fsp3) is 0.231. The summed E-state index contributed by atoms with van der Waals surface area (Å²) in [7, 11) is 0. The van der Waals surface area contributed by atoms with Crippen LogP contribution in [0.15, 0.2) is 75.9 Å². The van der Waals surface area contributed by atoms with E-state index < -0.39 is 10.7 Å². The van der Waals surface area contributed by atoms with Gasteiger partial charge in [0.15, 0.2) is 5.58 Å². The average molecular weight is 476 g/mol. The minimum Gasteiger partial charge on any atom is -0.489 e. The number of rotatable bonds is 10. The summed E-state index contributed by atoms with van der Waals surface area (Å²) < 4.78 is 12.3. The van der Waals surface area contributed by atoms with Crippen molar-refractivity contribution in [3.63, 3.8) is 0 Å². The topological polar surface area (TPSA) is 117 Å². The van der Waals surface area contributed by atoms with Gasteiger partial charge in [0.1, 0.15) is 12.4 Å². The van der Waals surface area contributed by atoms with Crippen molar-refractivity contribution >= 4 is 22.7 Å². The number of nitro benzene ring substituents is 1. The van der Waals surface area contributed by atoms with E-state index in [0.717, 1.165) is 16.9 Å². The van der Waals surface area contributed by atoms with E-state index >= 15 is 0 Å². The summed E-state index contributed by atoms with van der Waals surface area (Å²) in [6, 6.07) is 19.7. The van der Waals surface area contributed by atoms with Crippen molar-refractivity contribution in [1.29, 1.82) is 0 Å². The number of nitrogens with one attached hydrogen (secondary N) is 1. The molecular formula is C26H25N3O6. The fourth-order valence-electron chi connectivity index (χ4n) is 3.74. The molecule has 9 nitrogen and oxygen atoms in total. The Bertz CT molecular complexity index is 1400. The standard InChI is InChI=1S/C26H25N3O6/c1-18-4-2-5-20(14-18)17-34-22-10-7-19(8-11-22)16-27-25(30)6-3-13-28-23-12-9-21(29(32)33)15-24(23)35-26(28)31/h2,4-5,7-12,14-15H,3,6,13,16-17H2,1H3,(H,27,30). The summed E-state index contributed by atoms with van der Waals surface area (Å²) >= 11 is 0. The molecule has 1 heterocycles. The fourth-order valence-corrected chi connectivity index (χ4v) is 3.74. The van der Waals surface area contributed by atoms with Gasteiger partial charge in [-0.3, -0.25) is 19.5 Å². The number of nitrogens with zero attached hydrogens (tertiary/aromatic N) is 2. The summed E-state index contributed by atoms with van der Waals surface area (Å²) in [5.74, 6) is 0.0107. The first-order valence-corrected chi connectivity index (χ1v) is 11.2. The van der Waals surface area contributed by atoms with Crippen LogP contribution in [-0.2, 0) is 24.5 Å². The van der Waals surface area contributed by atoms with Gasteiger partial charge in [0, 0.05) is 25.6 Å². The van der Waals surface area contributed by atoms with Crippen molar-refractivity contribution in [3.05, 3.63) is 104 Å². The maximum absolute atomic E-state index is 12.2. The van der Waals surface area contributed by atoms with Crippen molar-refractivity contribution in [3.8, 4) is 5.75 Å². The van der Waals surface area contributed by atoms with Crippen LogP contribution in [0.3, 0.4) is 0 Å². The highest BCUT2D eigenvalue weighted by atomic mass is 16.6. The Morgan fingerprint density at radius 3 is 2.63 bits per heavy atom. The molecule has 0 aliphatic carbocycles. The predicted molar refractivity (Wildman–Crippen MR) is 130 cm³/mol. The molecule has 35 heavy (non-hydrogen) atoms. The first kappa shape index (κ1) is 23.7. The minimum absolute atomic E-state index is 0.138. The molecule has 1 N–H and O–H groups in total. The van der Waals surface area contributed by atoms with Crippen LogP contribution in [0.2, 0.25) is 0 Å². The lowest BCUT2D eigenvalue weighted by molar-refractivity contribution is -0.384. The Balaban J connectivity index is 1.23.